The van der Waals surface area contributed by atoms with Gasteiger partial charge in [0, 0.05) is 25.4 Å². The van der Waals surface area contributed by atoms with Crippen LogP contribution in [0.3, 0.4) is 0 Å². The summed E-state index contributed by atoms with van der Waals surface area (Å²) < 4.78 is 0.956. The van der Waals surface area contributed by atoms with Crippen LogP contribution in [0.1, 0.15) is 23.0 Å². The van der Waals surface area contributed by atoms with Crippen molar-refractivity contribution in [2.75, 3.05) is 13.1 Å². The number of halogens is 1. The van der Waals surface area contributed by atoms with Gasteiger partial charge in [0.2, 0.25) is 0 Å². The monoisotopic (exact) mass is 301 g/mol. The van der Waals surface area contributed by atoms with Gasteiger partial charge >= 0.3 is 0 Å². The number of amides is 1. The van der Waals surface area contributed by atoms with Gasteiger partial charge in [-0.05, 0) is 28.1 Å². The molecule has 2 heterocycles. The number of nitrogens with zero attached hydrogens (tertiary/aromatic N) is 1. The number of hydrogen-bond acceptors (Lipinski definition) is 3. The lowest BCUT2D eigenvalue weighted by atomic mass is 9.98. The molecule has 0 spiro atoms. The van der Waals surface area contributed by atoms with E-state index in [1.165, 1.54) is 11.3 Å². The van der Waals surface area contributed by atoms with E-state index in [4.69, 9.17) is 0 Å². The lowest BCUT2D eigenvalue weighted by Gasteiger charge is -2.29. The molecule has 1 saturated heterocycles. The topological polar surface area (TPSA) is 37.4 Å². The first-order valence-electron chi connectivity index (χ1n) is 5.15. The van der Waals surface area contributed by atoms with Crippen LogP contribution in [0.4, 0.5) is 0 Å². The largest absolute Gasteiger partial charge is 0.337 e. The highest BCUT2D eigenvalue weighted by molar-refractivity contribution is 9.11. The molecule has 0 aromatic carbocycles. The number of thiophene rings is 1. The third-order valence-electron chi connectivity index (χ3n) is 2.74. The standard InChI is InChI=1S/C11H12BrNO2S/c1-7-6-13(5-4-8(7)14)11(15)9-2-3-10(12)16-9/h2-3,7H,4-6H2,1H3. The van der Waals surface area contributed by atoms with E-state index in [9.17, 15) is 9.59 Å². The zero-order valence-corrected chi connectivity index (χ0v) is 11.3. The highest BCUT2D eigenvalue weighted by Gasteiger charge is 2.27. The van der Waals surface area contributed by atoms with Gasteiger partial charge in [0.05, 0.1) is 8.66 Å². The molecular weight excluding hydrogens is 290 g/mol. The van der Waals surface area contributed by atoms with Gasteiger partial charge in [0.25, 0.3) is 5.91 Å². The number of Topliss-reactive ketones (excluding diaryl/α,β-unsaturated/α-hetero) is 1. The maximum absolute atomic E-state index is 12.1. The average molecular weight is 302 g/mol. The third-order valence-corrected chi connectivity index (χ3v) is 4.35. The summed E-state index contributed by atoms with van der Waals surface area (Å²) in [6, 6.07) is 3.69. The highest BCUT2D eigenvalue weighted by Crippen LogP contribution is 2.24. The van der Waals surface area contributed by atoms with Crippen molar-refractivity contribution in [1.82, 2.24) is 4.90 Å². The van der Waals surface area contributed by atoms with E-state index in [2.05, 4.69) is 15.9 Å². The first-order chi connectivity index (χ1) is 7.58. The van der Waals surface area contributed by atoms with Gasteiger partial charge in [-0.25, -0.2) is 0 Å². The summed E-state index contributed by atoms with van der Waals surface area (Å²) in [5, 5.41) is 0. The molecule has 0 aliphatic carbocycles. The second-order valence-corrected chi connectivity index (χ2v) is 6.44. The minimum Gasteiger partial charge on any atom is -0.337 e. The summed E-state index contributed by atoms with van der Waals surface area (Å²) in [5.74, 6) is 0.271. The Balaban J connectivity index is 2.08. The van der Waals surface area contributed by atoms with E-state index < -0.39 is 0 Å². The quantitative estimate of drug-likeness (QED) is 0.799. The maximum Gasteiger partial charge on any atom is 0.263 e. The molecule has 1 unspecified atom stereocenters. The minimum absolute atomic E-state index is 0.0268. The van der Waals surface area contributed by atoms with Gasteiger partial charge in [-0.1, -0.05) is 6.92 Å². The van der Waals surface area contributed by atoms with Crippen LogP contribution in [-0.4, -0.2) is 29.7 Å². The van der Waals surface area contributed by atoms with Crippen LogP contribution < -0.4 is 0 Å². The van der Waals surface area contributed by atoms with Gasteiger partial charge < -0.3 is 4.90 Å². The number of ketones is 1. The molecule has 3 nitrogen and oxygen atoms in total. The number of hydrogen-bond donors (Lipinski definition) is 0. The number of likely N-dealkylation sites (tertiary alicyclic amines) is 1. The smallest absolute Gasteiger partial charge is 0.263 e. The lowest BCUT2D eigenvalue weighted by Crippen LogP contribution is -2.42. The Morgan fingerprint density at radius 2 is 2.31 bits per heavy atom. The Bertz CT molecular complexity index is 429. The number of carbonyl (C=O) groups is 2. The molecule has 0 bridgehead atoms. The predicted molar refractivity (Wildman–Crippen MR) is 66.7 cm³/mol. The summed E-state index contributed by atoms with van der Waals surface area (Å²) in [6.07, 6.45) is 0.486. The van der Waals surface area contributed by atoms with Gasteiger partial charge in [-0.3, -0.25) is 9.59 Å². The van der Waals surface area contributed by atoms with E-state index in [0.717, 1.165) is 8.66 Å². The van der Waals surface area contributed by atoms with E-state index in [1.807, 2.05) is 19.1 Å². The normalized spacial score (nSPS) is 21.2. The molecule has 1 aromatic rings. The van der Waals surface area contributed by atoms with Crippen molar-refractivity contribution in [2.24, 2.45) is 5.92 Å². The Morgan fingerprint density at radius 3 is 2.88 bits per heavy atom. The number of rotatable bonds is 1. The molecule has 1 aliphatic heterocycles. The fourth-order valence-electron chi connectivity index (χ4n) is 1.78. The minimum atomic E-state index is -0.0268. The third kappa shape index (κ3) is 2.35. The van der Waals surface area contributed by atoms with Crippen LogP contribution in [0.5, 0.6) is 0 Å². The predicted octanol–water partition coefficient (Wildman–Crippen LogP) is 2.56. The summed E-state index contributed by atoms with van der Waals surface area (Å²) in [7, 11) is 0. The van der Waals surface area contributed by atoms with Crippen molar-refractivity contribution in [1.29, 1.82) is 0 Å². The van der Waals surface area contributed by atoms with E-state index in [1.54, 1.807) is 4.90 Å². The molecule has 0 radical (unpaired) electrons. The van der Waals surface area contributed by atoms with E-state index in [-0.39, 0.29) is 17.6 Å². The Morgan fingerprint density at radius 1 is 1.56 bits per heavy atom. The molecule has 0 N–H and O–H groups in total. The molecule has 1 amide bonds. The number of piperidine rings is 1. The zero-order chi connectivity index (χ0) is 11.7. The highest BCUT2D eigenvalue weighted by atomic mass is 79.9. The first kappa shape index (κ1) is 11.8. The van der Waals surface area contributed by atoms with Gasteiger partial charge in [0.1, 0.15) is 5.78 Å². The van der Waals surface area contributed by atoms with Crippen LogP contribution in [-0.2, 0) is 4.79 Å². The molecule has 2 rings (SSSR count). The van der Waals surface area contributed by atoms with Crippen LogP contribution in [0.25, 0.3) is 0 Å². The fraction of sp³-hybridized carbons (Fsp3) is 0.455. The summed E-state index contributed by atoms with van der Waals surface area (Å²) in [4.78, 5) is 25.9. The van der Waals surface area contributed by atoms with Gasteiger partial charge in [0.15, 0.2) is 0 Å². The molecule has 1 aromatic heterocycles. The van der Waals surface area contributed by atoms with Crippen molar-refractivity contribution >= 4 is 39.0 Å². The lowest BCUT2D eigenvalue weighted by molar-refractivity contribution is -0.124. The SMILES string of the molecule is CC1CN(C(=O)c2ccc(Br)s2)CCC1=O. The Labute approximate surface area is 107 Å². The molecule has 16 heavy (non-hydrogen) atoms. The second-order valence-electron chi connectivity index (χ2n) is 3.97. The van der Waals surface area contributed by atoms with Crippen LogP contribution in [0, 0.1) is 5.92 Å². The summed E-state index contributed by atoms with van der Waals surface area (Å²) in [6.45, 7) is 2.98. The van der Waals surface area contributed by atoms with Crippen molar-refractivity contribution in [3.05, 3.63) is 20.8 Å². The van der Waals surface area contributed by atoms with Crippen LogP contribution >= 0.6 is 27.3 Å². The molecule has 86 valence electrons. The van der Waals surface area contributed by atoms with Crippen LogP contribution in [0.15, 0.2) is 15.9 Å². The first-order valence-corrected chi connectivity index (χ1v) is 6.76. The van der Waals surface area contributed by atoms with Gasteiger partial charge in [-0.15, -0.1) is 11.3 Å². The van der Waals surface area contributed by atoms with Crippen molar-refractivity contribution in [3.63, 3.8) is 0 Å². The molecule has 5 heteroatoms. The van der Waals surface area contributed by atoms with E-state index in [0.29, 0.717) is 19.5 Å². The molecule has 1 fully saturated rings. The van der Waals surface area contributed by atoms with Crippen molar-refractivity contribution in [2.45, 2.75) is 13.3 Å². The molecular formula is C11H12BrNO2S. The second kappa shape index (κ2) is 4.67. The van der Waals surface area contributed by atoms with Crippen LogP contribution in [0.2, 0.25) is 0 Å². The summed E-state index contributed by atoms with van der Waals surface area (Å²) in [5.41, 5.74) is 0. The molecule has 1 atom stereocenters. The van der Waals surface area contributed by atoms with Gasteiger partial charge in [-0.2, -0.15) is 0 Å². The molecule has 1 aliphatic rings. The Hall–Kier alpha value is -0.680. The zero-order valence-electron chi connectivity index (χ0n) is 8.90. The van der Waals surface area contributed by atoms with E-state index >= 15 is 0 Å². The van der Waals surface area contributed by atoms with Crippen molar-refractivity contribution in [3.8, 4) is 0 Å². The fourth-order valence-corrected chi connectivity index (χ4v) is 3.14. The summed E-state index contributed by atoms with van der Waals surface area (Å²) >= 11 is 4.77. The number of carbonyl (C=O) groups excluding carboxylic acids is 2. The maximum atomic E-state index is 12.1. The average Bonchev–Trinajstić information content (AvgIpc) is 2.68. The van der Waals surface area contributed by atoms with Crippen molar-refractivity contribution < 1.29 is 9.59 Å². The molecule has 0 saturated carbocycles. The Kier molecular flexibility index (Phi) is 3.44.